The summed E-state index contributed by atoms with van der Waals surface area (Å²) in [4.78, 5) is 2.49. The van der Waals surface area contributed by atoms with Gasteiger partial charge in [0.15, 0.2) is 0 Å². The number of benzene rings is 1. The Bertz CT molecular complexity index is 403. The van der Waals surface area contributed by atoms with Crippen molar-refractivity contribution < 1.29 is 0 Å². The van der Waals surface area contributed by atoms with Crippen molar-refractivity contribution in [2.45, 2.75) is 32.2 Å². The third kappa shape index (κ3) is 2.99. The van der Waals surface area contributed by atoms with Crippen LogP contribution in [0.4, 0.5) is 5.69 Å². The number of nitrogens with one attached hydrogen (secondary N) is 1. The van der Waals surface area contributed by atoms with E-state index in [0.29, 0.717) is 0 Å². The van der Waals surface area contributed by atoms with E-state index in [9.17, 15) is 0 Å². The molecule has 1 atom stereocenters. The highest BCUT2D eigenvalue weighted by atomic mass is 35.5. The fourth-order valence-corrected chi connectivity index (χ4v) is 3.30. The summed E-state index contributed by atoms with van der Waals surface area (Å²) in [5.74, 6) is 0.778. The average molecular weight is 267 g/mol. The lowest BCUT2D eigenvalue weighted by Gasteiger charge is -2.47. The third-order valence-electron chi connectivity index (χ3n) is 3.89. The first-order valence-corrected chi connectivity index (χ1v) is 7.08. The number of piperidine rings is 1. The van der Waals surface area contributed by atoms with Crippen LogP contribution < -0.4 is 10.2 Å². The lowest BCUT2D eigenvalue weighted by atomic mass is 9.82. The molecule has 1 aromatic carbocycles. The van der Waals surface area contributed by atoms with Crippen molar-refractivity contribution >= 4 is 17.3 Å². The minimum atomic E-state index is 0.199. The second-order valence-corrected chi connectivity index (χ2v) is 6.30. The second-order valence-electron chi connectivity index (χ2n) is 5.86. The Kier molecular flexibility index (Phi) is 4.18. The molecule has 2 rings (SSSR count). The lowest BCUT2D eigenvalue weighted by Crippen LogP contribution is -2.51. The zero-order valence-corrected chi connectivity index (χ0v) is 12.3. The molecule has 3 heteroatoms. The molecule has 1 N–H and O–H groups in total. The maximum atomic E-state index is 6.10. The molecule has 1 aliphatic rings. The smallest absolute Gasteiger partial charge is 0.0426 e. The second kappa shape index (κ2) is 5.50. The normalized spacial score (nSPS) is 23.1. The van der Waals surface area contributed by atoms with Gasteiger partial charge >= 0.3 is 0 Å². The van der Waals surface area contributed by atoms with Crippen LogP contribution in [0.3, 0.4) is 0 Å². The van der Waals surface area contributed by atoms with Gasteiger partial charge in [0.2, 0.25) is 0 Å². The molecule has 0 spiro atoms. The number of halogens is 1. The maximum absolute atomic E-state index is 6.10. The van der Waals surface area contributed by atoms with Gasteiger partial charge in [-0.3, -0.25) is 0 Å². The monoisotopic (exact) mass is 266 g/mol. The first kappa shape index (κ1) is 13.7. The highest BCUT2D eigenvalue weighted by Crippen LogP contribution is 2.35. The van der Waals surface area contributed by atoms with Crippen LogP contribution in [-0.2, 0) is 0 Å². The summed E-state index contributed by atoms with van der Waals surface area (Å²) in [7, 11) is 2.04. The van der Waals surface area contributed by atoms with Crippen molar-refractivity contribution in [3.8, 4) is 0 Å². The molecule has 1 aromatic rings. The van der Waals surface area contributed by atoms with Crippen LogP contribution in [0.15, 0.2) is 24.3 Å². The standard InChI is InChI=1S/C15H23ClN2/c1-15(2)10-12(11-17-3)7-8-18(15)14-6-4-5-13(16)9-14/h4-6,9,12,17H,7-8,10-11H2,1-3H3. The zero-order valence-electron chi connectivity index (χ0n) is 11.5. The van der Waals surface area contributed by atoms with Gasteiger partial charge < -0.3 is 10.2 Å². The van der Waals surface area contributed by atoms with Crippen LogP contribution >= 0.6 is 11.6 Å². The molecule has 100 valence electrons. The molecule has 0 aliphatic carbocycles. The molecule has 1 saturated heterocycles. The summed E-state index contributed by atoms with van der Waals surface area (Å²) in [5.41, 5.74) is 1.44. The molecule has 1 heterocycles. The van der Waals surface area contributed by atoms with Gasteiger partial charge in [-0.1, -0.05) is 17.7 Å². The predicted octanol–water partition coefficient (Wildman–Crippen LogP) is 3.55. The van der Waals surface area contributed by atoms with E-state index < -0.39 is 0 Å². The summed E-state index contributed by atoms with van der Waals surface area (Å²) in [6.45, 7) is 6.89. The molecule has 1 unspecified atom stereocenters. The van der Waals surface area contributed by atoms with Gasteiger partial charge in [0.05, 0.1) is 0 Å². The van der Waals surface area contributed by atoms with Crippen LogP contribution in [0.5, 0.6) is 0 Å². The molecule has 1 aliphatic heterocycles. The van der Waals surface area contributed by atoms with E-state index >= 15 is 0 Å². The summed E-state index contributed by atoms with van der Waals surface area (Å²) >= 11 is 6.10. The molecule has 18 heavy (non-hydrogen) atoms. The molecule has 0 radical (unpaired) electrons. The van der Waals surface area contributed by atoms with Crippen molar-refractivity contribution in [3.63, 3.8) is 0 Å². The summed E-state index contributed by atoms with van der Waals surface area (Å²) in [6, 6.07) is 8.20. The van der Waals surface area contributed by atoms with E-state index in [2.05, 4.69) is 36.2 Å². The Labute approximate surface area is 115 Å². The highest BCUT2D eigenvalue weighted by molar-refractivity contribution is 6.30. The van der Waals surface area contributed by atoms with Crippen molar-refractivity contribution in [1.82, 2.24) is 5.32 Å². The number of hydrogen-bond acceptors (Lipinski definition) is 2. The minimum Gasteiger partial charge on any atom is -0.366 e. The van der Waals surface area contributed by atoms with Crippen molar-refractivity contribution in [2.75, 3.05) is 25.0 Å². The first-order valence-electron chi connectivity index (χ1n) is 6.71. The van der Waals surface area contributed by atoms with E-state index in [1.807, 2.05) is 19.2 Å². The van der Waals surface area contributed by atoms with E-state index in [0.717, 1.165) is 24.0 Å². The lowest BCUT2D eigenvalue weighted by molar-refractivity contribution is 0.270. The number of anilines is 1. The molecule has 2 nitrogen and oxygen atoms in total. The third-order valence-corrected chi connectivity index (χ3v) is 4.13. The van der Waals surface area contributed by atoms with Crippen molar-refractivity contribution in [1.29, 1.82) is 0 Å². The van der Waals surface area contributed by atoms with Gasteiger partial charge in [-0.25, -0.2) is 0 Å². The number of rotatable bonds is 3. The quantitative estimate of drug-likeness (QED) is 0.900. The van der Waals surface area contributed by atoms with E-state index in [4.69, 9.17) is 11.6 Å². The Balaban J connectivity index is 2.15. The van der Waals surface area contributed by atoms with Gasteiger partial charge in [0.1, 0.15) is 0 Å². The maximum Gasteiger partial charge on any atom is 0.0426 e. The van der Waals surface area contributed by atoms with Gasteiger partial charge in [-0.05, 0) is 64.4 Å². The fourth-order valence-electron chi connectivity index (χ4n) is 3.12. The fraction of sp³-hybridized carbons (Fsp3) is 0.600. The van der Waals surface area contributed by atoms with Crippen LogP contribution in [0.2, 0.25) is 5.02 Å². The first-order chi connectivity index (χ1) is 8.53. The van der Waals surface area contributed by atoms with Gasteiger partial charge in [0.25, 0.3) is 0 Å². The van der Waals surface area contributed by atoms with Gasteiger partial charge in [-0.2, -0.15) is 0 Å². The molecule has 0 bridgehead atoms. The average Bonchev–Trinajstić information content (AvgIpc) is 2.28. The van der Waals surface area contributed by atoms with Crippen LogP contribution in [0.1, 0.15) is 26.7 Å². The Morgan fingerprint density at radius 2 is 2.22 bits per heavy atom. The molecule has 0 amide bonds. The summed E-state index contributed by atoms with van der Waals surface area (Å²) in [6.07, 6.45) is 2.47. The van der Waals surface area contributed by atoms with Crippen molar-refractivity contribution in [2.24, 2.45) is 5.92 Å². The van der Waals surface area contributed by atoms with E-state index in [-0.39, 0.29) is 5.54 Å². The molecular weight excluding hydrogens is 244 g/mol. The van der Waals surface area contributed by atoms with Gasteiger partial charge in [0, 0.05) is 22.8 Å². The largest absolute Gasteiger partial charge is 0.366 e. The van der Waals surface area contributed by atoms with E-state index in [1.54, 1.807) is 0 Å². The molecule has 1 fully saturated rings. The molecule has 0 aromatic heterocycles. The Hall–Kier alpha value is -0.730. The SMILES string of the molecule is CNCC1CCN(c2cccc(Cl)c2)C(C)(C)C1. The minimum absolute atomic E-state index is 0.199. The molecular formula is C15H23ClN2. The van der Waals surface area contributed by atoms with Crippen LogP contribution in [-0.4, -0.2) is 25.7 Å². The topological polar surface area (TPSA) is 15.3 Å². The van der Waals surface area contributed by atoms with Gasteiger partial charge in [-0.15, -0.1) is 0 Å². The van der Waals surface area contributed by atoms with Crippen LogP contribution in [0.25, 0.3) is 0 Å². The Morgan fingerprint density at radius 3 is 2.83 bits per heavy atom. The van der Waals surface area contributed by atoms with Crippen LogP contribution in [0, 0.1) is 5.92 Å². The van der Waals surface area contributed by atoms with Crippen molar-refractivity contribution in [3.05, 3.63) is 29.3 Å². The molecule has 0 saturated carbocycles. The number of hydrogen-bond donors (Lipinski definition) is 1. The Morgan fingerprint density at radius 1 is 1.44 bits per heavy atom. The highest BCUT2D eigenvalue weighted by Gasteiger charge is 2.34. The summed E-state index contributed by atoms with van der Waals surface area (Å²) in [5, 5.41) is 4.12. The zero-order chi connectivity index (χ0) is 13.2. The summed E-state index contributed by atoms with van der Waals surface area (Å²) < 4.78 is 0. The predicted molar refractivity (Wildman–Crippen MR) is 79.5 cm³/mol. The van der Waals surface area contributed by atoms with E-state index in [1.165, 1.54) is 18.5 Å². The number of nitrogens with zero attached hydrogens (tertiary/aromatic N) is 1.